The number of piperidine rings is 1. The number of rotatable bonds is 2. The Morgan fingerprint density at radius 3 is 2.53 bits per heavy atom. The highest BCUT2D eigenvalue weighted by molar-refractivity contribution is 5.93. The van der Waals surface area contributed by atoms with Crippen molar-refractivity contribution < 1.29 is 9.18 Å². The van der Waals surface area contributed by atoms with Crippen molar-refractivity contribution in [3.8, 4) is 0 Å². The molecule has 1 aliphatic heterocycles. The normalized spacial score (nSPS) is 17.2. The van der Waals surface area contributed by atoms with Crippen LogP contribution in [0.25, 0.3) is 0 Å². The molecule has 1 amide bonds. The maximum absolute atomic E-state index is 13.8. The third-order valence-corrected chi connectivity index (χ3v) is 3.11. The van der Waals surface area contributed by atoms with Crippen molar-refractivity contribution in [1.82, 2.24) is 0 Å². The Hall–Kier alpha value is -1.62. The lowest BCUT2D eigenvalue weighted by Crippen LogP contribution is -2.40. The zero-order valence-electron chi connectivity index (χ0n) is 9.53. The molecule has 1 saturated heterocycles. The first-order chi connectivity index (χ1) is 8.08. The van der Waals surface area contributed by atoms with Gasteiger partial charge in [0, 0.05) is 24.7 Å². The minimum Gasteiger partial charge on any atom is -0.369 e. The van der Waals surface area contributed by atoms with E-state index in [2.05, 4.69) is 0 Å². The Morgan fingerprint density at radius 1 is 1.35 bits per heavy atom. The van der Waals surface area contributed by atoms with E-state index in [1.54, 1.807) is 12.1 Å². The second-order valence-electron chi connectivity index (χ2n) is 4.35. The molecule has 17 heavy (non-hydrogen) atoms. The molecule has 92 valence electrons. The molecule has 0 unspecified atom stereocenters. The number of halogens is 1. The number of carbonyl (C=O) groups is 1. The van der Waals surface area contributed by atoms with Crippen LogP contribution >= 0.6 is 0 Å². The van der Waals surface area contributed by atoms with Crippen molar-refractivity contribution in [2.24, 2.45) is 11.5 Å². The van der Waals surface area contributed by atoms with Crippen LogP contribution in [0.1, 0.15) is 23.2 Å². The summed E-state index contributed by atoms with van der Waals surface area (Å²) in [5, 5.41) is 0. The van der Waals surface area contributed by atoms with Gasteiger partial charge in [-0.25, -0.2) is 4.39 Å². The SMILES string of the molecule is NC(=O)c1ccc(N2CCC(N)CC2)c(F)c1. The van der Waals surface area contributed by atoms with Gasteiger partial charge in [0.25, 0.3) is 0 Å². The zero-order chi connectivity index (χ0) is 12.4. The van der Waals surface area contributed by atoms with Crippen LogP contribution in [-0.2, 0) is 0 Å². The smallest absolute Gasteiger partial charge is 0.248 e. The monoisotopic (exact) mass is 237 g/mol. The summed E-state index contributed by atoms with van der Waals surface area (Å²) < 4.78 is 13.8. The van der Waals surface area contributed by atoms with Gasteiger partial charge >= 0.3 is 0 Å². The van der Waals surface area contributed by atoms with Crippen molar-refractivity contribution >= 4 is 11.6 Å². The summed E-state index contributed by atoms with van der Waals surface area (Å²) >= 11 is 0. The highest BCUT2D eigenvalue weighted by Gasteiger charge is 2.19. The van der Waals surface area contributed by atoms with Crippen LogP contribution < -0.4 is 16.4 Å². The van der Waals surface area contributed by atoms with Gasteiger partial charge in [-0.1, -0.05) is 0 Å². The fraction of sp³-hybridized carbons (Fsp3) is 0.417. The molecule has 1 heterocycles. The molecule has 4 nitrogen and oxygen atoms in total. The van der Waals surface area contributed by atoms with Gasteiger partial charge in [-0.3, -0.25) is 4.79 Å². The molecule has 0 atom stereocenters. The average molecular weight is 237 g/mol. The molecule has 1 aromatic rings. The second-order valence-corrected chi connectivity index (χ2v) is 4.35. The Labute approximate surface area is 99.4 Å². The van der Waals surface area contributed by atoms with E-state index in [0.717, 1.165) is 25.9 Å². The summed E-state index contributed by atoms with van der Waals surface area (Å²) in [6.45, 7) is 1.49. The number of hydrogen-bond donors (Lipinski definition) is 2. The zero-order valence-corrected chi connectivity index (χ0v) is 9.53. The van der Waals surface area contributed by atoms with E-state index in [1.807, 2.05) is 4.90 Å². The molecule has 1 aliphatic rings. The van der Waals surface area contributed by atoms with E-state index in [4.69, 9.17) is 11.5 Å². The number of carbonyl (C=O) groups excluding carboxylic acids is 1. The maximum atomic E-state index is 13.8. The molecule has 1 aromatic carbocycles. The molecular formula is C12H16FN3O. The van der Waals surface area contributed by atoms with Crippen LogP contribution in [0.5, 0.6) is 0 Å². The first kappa shape index (κ1) is 11.9. The molecule has 1 fully saturated rings. The number of hydrogen-bond acceptors (Lipinski definition) is 3. The number of benzene rings is 1. The quantitative estimate of drug-likeness (QED) is 0.801. The van der Waals surface area contributed by atoms with E-state index in [9.17, 15) is 9.18 Å². The Morgan fingerprint density at radius 2 is 2.00 bits per heavy atom. The minimum absolute atomic E-state index is 0.194. The minimum atomic E-state index is -0.615. The van der Waals surface area contributed by atoms with Crippen LogP contribution in [-0.4, -0.2) is 25.0 Å². The van der Waals surface area contributed by atoms with Crippen molar-refractivity contribution in [2.75, 3.05) is 18.0 Å². The van der Waals surface area contributed by atoms with Gasteiger partial charge in [-0.05, 0) is 31.0 Å². The van der Waals surface area contributed by atoms with E-state index in [0.29, 0.717) is 5.69 Å². The van der Waals surface area contributed by atoms with E-state index in [1.165, 1.54) is 6.07 Å². The third kappa shape index (κ3) is 2.55. The fourth-order valence-corrected chi connectivity index (χ4v) is 2.06. The van der Waals surface area contributed by atoms with Gasteiger partial charge in [0.1, 0.15) is 5.82 Å². The van der Waals surface area contributed by atoms with Crippen molar-refractivity contribution in [2.45, 2.75) is 18.9 Å². The van der Waals surface area contributed by atoms with Gasteiger partial charge in [0.05, 0.1) is 5.69 Å². The van der Waals surface area contributed by atoms with Crippen molar-refractivity contribution in [3.05, 3.63) is 29.6 Å². The summed E-state index contributed by atoms with van der Waals surface area (Å²) in [4.78, 5) is 12.9. The highest BCUT2D eigenvalue weighted by Crippen LogP contribution is 2.23. The summed E-state index contributed by atoms with van der Waals surface area (Å²) in [6.07, 6.45) is 1.72. The summed E-state index contributed by atoms with van der Waals surface area (Å²) in [6, 6.07) is 4.55. The lowest BCUT2D eigenvalue weighted by molar-refractivity contribution is 0.1000. The molecule has 5 heteroatoms. The molecule has 4 N–H and O–H groups in total. The predicted octanol–water partition coefficient (Wildman–Crippen LogP) is 0.852. The second kappa shape index (κ2) is 4.71. The van der Waals surface area contributed by atoms with Gasteiger partial charge in [-0.15, -0.1) is 0 Å². The largest absolute Gasteiger partial charge is 0.369 e. The van der Waals surface area contributed by atoms with Crippen LogP contribution in [0.4, 0.5) is 10.1 Å². The first-order valence-corrected chi connectivity index (χ1v) is 5.68. The molecule has 0 saturated carbocycles. The van der Waals surface area contributed by atoms with E-state index < -0.39 is 11.7 Å². The molecule has 2 rings (SSSR count). The van der Waals surface area contributed by atoms with Crippen LogP contribution in [0.3, 0.4) is 0 Å². The van der Waals surface area contributed by atoms with Gasteiger partial charge in [0.2, 0.25) is 5.91 Å². The number of anilines is 1. The average Bonchev–Trinajstić information content (AvgIpc) is 2.30. The summed E-state index contributed by atoms with van der Waals surface area (Å²) in [7, 11) is 0. The predicted molar refractivity (Wildman–Crippen MR) is 64.3 cm³/mol. The standard InChI is InChI=1S/C12H16FN3O/c13-10-7-8(12(15)17)1-2-11(10)16-5-3-9(14)4-6-16/h1-2,7,9H,3-6,14H2,(H2,15,17). The number of primary amides is 1. The third-order valence-electron chi connectivity index (χ3n) is 3.11. The summed E-state index contributed by atoms with van der Waals surface area (Å²) in [5.74, 6) is -1.02. The van der Waals surface area contributed by atoms with E-state index in [-0.39, 0.29) is 11.6 Å². The van der Waals surface area contributed by atoms with Gasteiger partial charge in [0.15, 0.2) is 0 Å². The van der Waals surface area contributed by atoms with Crippen molar-refractivity contribution in [3.63, 3.8) is 0 Å². The molecular weight excluding hydrogens is 221 g/mol. The Kier molecular flexibility index (Phi) is 3.28. The fourth-order valence-electron chi connectivity index (χ4n) is 2.06. The number of nitrogens with two attached hydrogens (primary N) is 2. The summed E-state index contributed by atoms with van der Waals surface area (Å²) in [5.41, 5.74) is 11.6. The molecule has 0 bridgehead atoms. The lowest BCUT2D eigenvalue weighted by atomic mass is 10.0. The molecule has 0 spiro atoms. The first-order valence-electron chi connectivity index (χ1n) is 5.68. The number of nitrogens with zero attached hydrogens (tertiary/aromatic N) is 1. The molecule has 0 aromatic heterocycles. The maximum Gasteiger partial charge on any atom is 0.248 e. The topological polar surface area (TPSA) is 72.4 Å². The van der Waals surface area contributed by atoms with Crippen LogP contribution in [0.2, 0.25) is 0 Å². The van der Waals surface area contributed by atoms with Gasteiger partial charge in [-0.2, -0.15) is 0 Å². The number of amides is 1. The van der Waals surface area contributed by atoms with Crippen LogP contribution in [0, 0.1) is 5.82 Å². The van der Waals surface area contributed by atoms with Crippen LogP contribution in [0.15, 0.2) is 18.2 Å². The van der Waals surface area contributed by atoms with Crippen molar-refractivity contribution in [1.29, 1.82) is 0 Å². The lowest BCUT2D eigenvalue weighted by Gasteiger charge is -2.32. The molecule has 0 radical (unpaired) electrons. The Bertz CT molecular complexity index is 428. The Balaban J connectivity index is 2.19. The van der Waals surface area contributed by atoms with E-state index >= 15 is 0 Å². The van der Waals surface area contributed by atoms with Gasteiger partial charge < -0.3 is 16.4 Å². The molecule has 0 aliphatic carbocycles. The highest BCUT2D eigenvalue weighted by atomic mass is 19.1.